The second kappa shape index (κ2) is 7.17. The van der Waals surface area contributed by atoms with E-state index in [1.165, 1.54) is 11.3 Å². The van der Waals surface area contributed by atoms with Crippen LogP contribution in [0.3, 0.4) is 0 Å². The Morgan fingerprint density at radius 3 is 2.73 bits per heavy atom. The van der Waals surface area contributed by atoms with Gasteiger partial charge in [0.25, 0.3) is 5.91 Å². The number of amides is 1. The number of nitrogens with zero attached hydrogens (tertiary/aromatic N) is 2. The Labute approximate surface area is 134 Å². The second-order valence-corrected chi connectivity index (χ2v) is 6.25. The topological polar surface area (TPSA) is 63.6 Å². The van der Waals surface area contributed by atoms with Crippen molar-refractivity contribution < 1.29 is 9.53 Å². The first-order valence-electron chi connectivity index (χ1n) is 7.00. The molecule has 5 nitrogen and oxygen atoms in total. The summed E-state index contributed by atoms with van der Waals surface area (Å²) in [5.41, 5.74) is 4.06. The fourth-order valence-corrected chi connectivity index (χ4v) is 2.71. The van der Waals surface area contributed by atoms with Crippen LogP contribution in [-0.2, 0) is 0 Å². The Morgan fingerprint density at radius 1 is 1.36 bits per heavy atom. The molecule has 0 bridgehead atoms. The van der Waals surface area contributed by atoms with E-state index < -0.39 is 0 Å². The molecular weight excluding hydrogens is 298 g/mol. The molecule has 1 N–H and O–H groups in total. The molecule has 0 atom stereocenters. The van der Waals surface area contributed by atoms with E-state index in [1.54, 1.807) is 6.21 Å². The Bertz CT molecular complexity index is 692. The minimum atomic E-state index is -0.249. The van der Waals surface area contributed by atoms with Gasteiger partial charge in [-0.2, -0.15) is 5.10 Å². The van der Waals surface area contributed by atoms with Crippen molar-refractivity contribution >= 4 is 23.5 Å². The maximum atomic E-state index is 12.0. The van der Waals surface area contributed by atoms with Crippen LogP contribution in [-0.4, -0.2) is 23.2 Å². The predicted molar refractivity (Wildman–Crippen MR) is 88.9 cm³/mol. The molecule has 0 radical (unpaired) electrons. The Morgan fingerprint density at radius 2 is 2.09 bits per heavy atom. The van der Waals surface area contributed by atoms with Crippen molar-refractivity contribution in [1.29, 1.82) is 0 Å². The zero-order valence-corrected chi connectivity index (χ0v) is 13.9. The number of carbonyl (C=O) groups excluding carboxylic acids is 1. The van der Waals surface area contributed by atoms with Gasteiger partial charge in [0.05, 0.1) is 23.0 Å². The van der Waals surface area contributed by atoms with Gasteiger partial charge in [-0.3, -0.25) is 4.79 Å². The molecule has 0 aliphatic carbocycles. The van der Waals surface area contributed by atoms with Gasteiger partial charge in [-0.1, -0.05) is 12.1 Å². The standard InChI is InChI=1S/C16H19N3O2S/c1-10(2)21-14-8-6-5-7-13(14)9-17-19-16(20)15-11(3)18-12(4)22-15/h5-10H,1-4H3,(H,19,20)/b17-9+. The van der Waals surface area contributed by atoms with Crippen molar-refractivity contribution in [1.82, 2.24) is 10.4 Å². The van der Waals surface area contributed by atoms with Gasteiger partial charge in [-0.05, 0) is 39.8 Å². The van der Waals surface area contributed by atoms with Crippen LogP contribution >= 0.6 is 11.3 Å². The van der Waals surface area contributed by atoms with Crippen LogP contribution in [0, 0.1) is 13.8 Å². The van der Waals surface area contributed by atoms with Crippen molar-refractivity contribution in [3.05, 3.63) is 45.4 Å². The fraction of sp³-hybridized carbons (Fsp3) is 0.312. The lowest BCUT2D eigenvalue weighted by atomic mass is 10.2. The molecule has 0 unspecified atom stereocenters. The number of hydrogen-bond donors (Lipinski definition) is 1. The number of thiazole rings is 1. The zero-order valence-electron chi connectivity index (χ0n) is 13.1. The molecule has 1 aromatic carbocycles. The number of rotatable bonds is 5. The second-order valence-electron chi connectivity index (χ2n) is 5.05. The van der Waals surface area contributed by atoms with Crippen molar-refractivity contribution in [2.75, 3.05) is 0 Å². The lowest BCUT2D eigenvalue weighted by Gasteiger charge is -2.11. The monoisotopic (exact) mass is 317 g/mol. The Kier molecular flexibility index (Phi) is 5.27. The third kappa shape index (κ3) is 4.14. The van der Waals surface area contributed by atoms with E-state index in [1.807, 2.05) is 52.0 Å². The van der Waals surface area contributed by atoms with Gasteiger partial charge in [-0.25, -0.2) is 10.4 Å². The first-order chi connectivity index (χ1) is 10.5. The molecule has 0 spiro atoms. The van der Waals surface area contributed by atoms with Crippen LogP contribution in [0.5, 0.6) is 5.75 Å². The molecule has 1 amide bonds. The van der Waals surface area contributed by atoms with Crippen molar-refractivity contribution in [2.24, 2.45) is 5.10 Å². The van der Waals surface area contributed by atoms with Gasteiger partial charge in [0, 0.05) is 5.56 Å². The number of aryl methyl sites for hydroxylation is 2. The fourth-order valence-electron chi connectivity index (χ4n) is 1.90. The molecular formula is C16H19N3O2S. The molecule has 22 heavy (non-hydrogen) atoms. The predicted octanol–water partition coefficient (Wildman–Crippen LogP) is 3.31. The number of ether oxygens (including phenoxy) is 1. The number of para-hydroxylation sites is 1. The highest BCUT2D eigenvalue weighted by molar-refractivity contribution is 7.13. The Hall–Kier alpha value is -2.21. The van der Waals surface area contributed by atoms with E-state index in [0.29, 0.717) is 4.88 Å². The SMILES string of the molecule is Cc1nc(C)c(C(=O)N/N=C/c2ccccc2OC(C)C)s1. The summed E-state index contributed by atoms with van der Waals surface area (Å²) in [6.07, 6.45) is 1.66. The van der Waals surface area contributed by atoms with E-state index in [2.05, 4.69) is 15.5 Å². The average molecular weight is 317 g/mol. The number of carbonyl (C=O) groups is 1. The molecule has 0 fully saturated rings. The highest BCUT2D eigenvalue weighted by atomic mass is 32.1. The summed E-state index contributed by atoms with van der Waals surface area (Å²) in [6.45, 7) is 7.61. The quantitative estimate of drug-likeness (QED) is 0.680. The average Bonchev–Trinajstić information content (AvgIpc) is 2.79. The molecule has 6 heteroatoms. The zero-order chi connectivity index (χ0) is 16.1. The summed E-state index contributed by atoms with van der Waals surface area (Å²) in [5.74, 6) is 0.488. The number of aromatic nitrogens is 1. The summed E-state index contributed by atoms with van der Waals surface area (Å²) in [7, 11) is 0. The highest BCUT2D eigenvalue weighted by Crippen LogP contribution is 2.18. The molecule has 0 aliphatic heterocycles. The first kappa shape index (κ1) is 16.2. The number of nitrogens with one attached hydrogen (secondary N) is 1. The van der Waals surface area contributed by atoms with Gasteiger partial charge in [0.2, 0.25) is 0 Å². The summed E-state index contributed by atoms with van der Waals surface area (Å²) >= 11 is 1.36. The van der Waals surface area contributed by atoms with E-state index in [-0.39, 0.29) is 12.0 Å². The summed E-state index contributed by atoms with van der Waals surface area (Å²) in [4.78, 5) is 16.9. The first-order valence-corrected chi connectivity index (χ1v) is 7.82. The van der Waals surface area contributed by atoms with Crippen molar-refractivity contribution in [2.45, 2.75) is 33.8 Å². The molecule has 0 saturated heterocycles. The van der Waals surface area contributed by atoms with Crippen LogP contribution < -0.4 is 10.2 Å². The molecule has 0 saturated carbocycles. The minimum Gasteiger partial charge on any atom is -0.490 e. The lowest BCUT2D eigenvalue weighted by Crippen LogP contribution is -2.17. The maximum absolute atomic E-state index is 12.0. The van der Waals surface area contributed by atoms with Gasteiger partial charge in [0.15, 0.2) is 0 Å². The minimum absolute atomic E-state index is 0.0759. The van der Waals surface area contributed by atoms with Gasteiger partial charge in [0.1, 0.15) is 10.6 Å². The van der Waals surface area contributed by atoms with Crippen LogP contribution in [0.1, 0.15) is 39.8 Å². The van der Waals surface area contributed by atoms with Crippen LogP contribution in [0.25, 0.3) is 0 Å². The largest absolute Gasteiger partial charge is 0.490 e. The lowest BCUT2D eigenvalue weighted by molar-refractivity contribution is 0.0958. The third-order valence-corrected chi connectivity index (χ3v) is 3.83. The van der Waals surface area contributed by atoms with E-state index >= 15 is 0 Å². The third-order valence-electron chi connectivity index (χ3n) is 2.76. The maximum Gasteiger partial charge on any atom is 0.283 e. The molecule has 1 heterocycles. The number of benzene rings is 1. The molecule has 116 valence electrons. The Balaban J connectivity index is 2.07. The normalized spacial score (nSPS) is 11.1. The number of hydrogen-bond acceptors (Lipinski definition) is 5. The molecule has 0 aliphatic rings. The van der Waals surface area contributed by atoms with Crippen LogP contribution in [0.15, 0.2) is 29.4 Å². The smallest absolute Gasteiger partial charge is 0.283 e. The van der Waals surface area contributed by atoms with E-state index in [4.69, 9.17) is 4.74 Å². The summed E-state index contributed by atoms with van der Waals surface area (Å²) < 4.78 is 5.70. The van der Waals surface area contributed by atoms with Crippen LogP contribution in [0.2, 0.25) is 0 Å². The van der Waals surface area contributed by atoms with Crippen molar-refractivity contribution in [3.63, 3.8) is 0 Å². The van der Waals surface area contributed by atoms with Gasteiger partial charge < -0.3 is 4.74 Å². The summed E-state index contributed by atoms with van der Waals surface area (Å²) in [5, 5.41) is 4.87. The van der Waals surface area contributed by atoms with E-state index in [0.717, 1.165) is 22.0 Å². The molecule has 2 rings (SSSR count). The van der Waals surface area contributed by atoms with Crippen LogP contribution in [0.4, 0.5) is 0 Å². The van der Waals surface area contributed by atoms with E-state index in [9.17, 15) is 4.79 Å². The van der Waals surface area contributed by atoms with Gasteiger partial charge >= 0.3 is 0 Å². The van der Waals surface area contributed by atoms with Crippen molar-refractivity contribution in [3.8, 4) is 5.75 Å². The molecule has 2 aromatic rings. The molecule has 1 aromatic heterocycles. The summed E-state index contributed by atoms with van der Waals surface area (Å²) in [6, 6.07) is 7.56. The van der Waals surface area contributed by atoms with Gasteiger partial charge in [-0.15, -0.1) is 11.3 Å². The highest BCUT2D eigenvalue weighted by Gasteiger charge is 2.12. The number of hydrazone groups is 1.